The predicted octanol–water partition coefficient (Wildman–Crippen LogP) is 2.88. The molecule has 0 aliphatic carbocycles. The molecule has 0 bridgehead atoms. The van der Waals surface area contributed by atoms with Crippen LogP contribution in [0, 0.1) is 5.82 Å². The van der Waals surface area contributed by atoms with Gasteiger partial charge in [-0.15, -0.1) is 11.8 Å². The summed E-state index contributed by atoms with van der Waals surface area (Å²) in [6, 6.07) is 7.62. The number of hydrogen-bond donors (Lipinski definition) is 1. The van der Waals surface area contributed by atoms with E-state index in [2.05, 4.69) is 9.72 Å². The molecule has 0 unspecified atom stereocenters. The van der Waals surface area contributed by atoms with Crippen LogP contribution in [0.2, 0.25) is 0 Å². The molecule has 0 saturated carbocycles. The smallest absolute Gasteiger partial charge is 0.339 e. The Balaban J connectivity index is 2.04. The molecule has 0 aliphatic rings. The van der Waals surface area contributed by atoms with Gasteiger partial charge in [0.2, 0.25) is 0 Å². The van der Waals surface area contributed by atoms with E-state index in [9.17, 15) is 9.18 Å². The Morgan fingerprint density at radius 3 is 2.85 bits per heavy atom. The average molecular weight is 292 g/mol. The molecule has 4 nitrogen and oxygen atoms in total. The van der Waals surface area contributed by atoms with Gasteiger partial charge in [0.05, 0.1) is 18.4 Å². The van der Waals surface area contributed by atoms with E-state index < -0.39 is 5.97 Å². The van der Waals surface area contributed by atoms with Crippen LogP contribution in [0.5, 0.6) is 0 Å². The number of esters is 1. The molecule has 0 fully saturated rings. The Kier molecular flexibility index (Phi) is 4.57. The summed E-state index contributed by atoms with van der Waals surface area (Å²) in [6.45, 7) is 0. The van der Waals surface area contributed by atoms with Gasteiger partial charge in [-0.2, -0.15) is 0 Å². The Bertz CT molecular complexity index is 617. The van der Waals surface area contributed by atoms with Crippen LogP contribution in [-0.4, -0.2) is 18.1 Å². The minimum atomic E-state index is -0.425. The van der Waals surface area contributed by atoms with Gasteiger partial charge in [-0.25, -0.2) is 9.18 Å². The second-order valence-corrected chi connectivity index (χ2v) is 5.02. The molecule has 104 valence electrons. The number of nitrogen functional groups attached to an aromatic ring is 1. The Labute approximate surface area is 120 Å². The maximum absolute atomic E-state index is 13.1. The van der Waals surface area contributed by atoms with Crippen LogP contribution in [0.15, 0.2) is 41.4 Å². The number of carbonyl (C=O) groups excluding carboxylic acids is 1. The van der Waals surface area contributed by atoms with Crippen molar-refractivity contribution in [3.05, 3.63) is 53.6 Å². The first-order valence-corrected chi connectivity index (χ1v) is 6.80. The number of halogens is 1. The molecule has 0 aliphatic heterocycles. The summed E-state index contributed by atoms with van der Waals surface area (Å²) in [7, 11) is 1.32. The lowest BCUT2D eigenvalue weighted by atomic mass is 10.2. The zero-order valence-electron chi connectivity index (χ0n) is 10.8. The van der Waals surface area contributed by atoms with E-state index in [-0.39, 0.29) is 5.82 Å². The van der Waals surface area contributed by atoms with Gasteiger partial charge in [0.25, 0.3) is 0 Å². The molecule has 0 spiro atoms. The molecule has 0 atom stereocenters. The molecule has 0 saturated heterocycles. The van der Waals surface area contributed by atoms with Gasteiger partial charge in [0.1, 0.15) is 5.82 Å². The number of thioether (sulfide) groups is 1. The zero-order chi connectivity index (χ0) is 14.5. The number of nitrogens with two attached hydrogens (primary N) is 1. The van der Waals surface area contributed by atoms with Gasteiger partial charge >= 0.3 is 5.97 Å². The van der Waals surface area contributed by atoms with Crippen LogP contribution in [0.4, 0.5) is 10.1 Å². The Morgan fingerprint density at radius 2 is 2.20 bits per heavy atom. The molecule has 1 aromatic carbocycles. The third-order valence-electron chi connectivity index (χ3n) is 2.60. The number of ether oxygens (including phenoxy) is 1. The quantitative estimate of drug-likeness (QED) is 0.533. The second kappa shape index (κ2) is 6.38. The standard InChI is InChI=1S/C14H13FN2O2S/c1-19-14(18)9-2-4-11(17-7-9)8-20-13-6-10(15)3-5-12(13)16/h2-7H,8,16H2,1H3. The van der Waals surface area contributed by atoms with Crippen LogP contribution in [0.1, 0.15) is 16.1 Å². The van der Waals surface area contributed by atoms with Crippen molar-refractivity contribution in [1.29, 1.82) is 0 Å². The van der Waals surface area contributed by atoms with E-state index in [1.54, 1.807) is 12.1 Å². The van der Waals surface area contributed by atoms with E-state index >= 15 is 0 Å². The highest BCUT2D eigenvalue weighted by Gasteiger charge is 2.07. The summed E-state index contributed by atoms with van der Waals surface area (Å²) in [5.74, 6) is -0.212. The van der Waals surface area contributed by atoms with Crippen molar-refractivity contribution < 1.29 is 13.9 Å². The maximum atomic E-state index is 13.1. The first-order chi connectivity index (χ1) is 9.60. The number of hydrogen-bond acceptors (Lipinski definition) is 5. The highest BCUT2D eigenvalue weighted by molar-refractivity contribution is 7.98. The summed E-state index contributed by atoms with van der Waals surface area (Å²) in [4.78, 5) is 16.1. The minimum Gasteiger partial charge on any atom is -0.465 e. The van der Waals surface area contributed by atoms with Crippen molar-refractivity contribution in [2.75, 3.05) is 12.8 Å². The normalized spacial score (nSPS) is 10.3. The third-order valence-corrected chi connectivity index (χ3v) is 3.70. The van der Waals surface area contributed by atoms with Crippen molar-refractivity contribution in [3.8, 4) is 0 Å². The summed E-state index contributed by atoms with van der Waals surface area (Å²) >= 11 is 1.39. The average Bonchev–Trinajstić information content (AvgIpc) is 2.48. The van der Waals surface area contributed by atoms with E-state index in [1.165, 1.54) is 43.3 Å². The SMILES string of the molecule is COC(=O)c1ccc(CSc2cc(F)ccc2N)nc1. The molecule has 2 aromatic rings. The highest BCUT2D eigenvalue weighted by atomic mass is 32.2. The topological polar surface area (TPSA) is 65.2 Å². The predicted molar refractivity (Wildman–Crippen MR) is 75.9 cm³/mol. The van der Waals surface area contributed by atoms with Crippen LogP contribution < -0.4 is 5.73 Å². The van der Waals surface area contributed by atoms with Crippen LogP contribution >= 0.6 is 11.8 Å². The number of aromatic nitrogens is 1. The lowest BCUT2D eigenvalue weighted by molar-refractivity contribution is 0.0600. The van der Waals surface area contributed by atoms with Crippen molar-refractivity contribution >= 4 is 23.4 Å². The fourth-order valence-corrected chi connectivity index (χ4v) is 2.44. The van der Waals surface area contributed by atoms with Gasteiger partial charge in [-0.1, -0.05) is 0 Å². The van der Waals surface area contributed by atoms with Gasteiger partial charge in [-0.05, 0) is 30.3 Å². The van der Waals surface area contributed by atoms with Crippen molar-refractivity contribution in [1.82, 2.24) is 4.98 Å². The minimum absolute atomic E-state index is 0.323. The van der Waals surface area contributed by atoms with Crippen molar-refractivity contribution in [2.24, 2.45) is 0 Å². The maximum Gasteiger partial charge on any atom is 0.339 e. The number of benzene rings is 1. The molecule has 20 heavy (non-hydrogen) atoms. The number of carbonyl (C=O) groups is 1. The lowest BCUT2D eigenvalue weighted by Crippen LogP contribution is -2.02. The number of methoxy groups -OCH3 is 1. The molecule has 0 amide bonds. The molecule has 2 rings (SSSR count). The summed E-state index contributed by atoms with van der Waals surface area (Å²) < 4.78 is 17.7. The lowest BCUT2D eigenvalue weighted by Gasteiger charge is -2.05. The van der Waals surface area contributed by atoms with E-state index in [0.717, 1.165) is 5.69 Å². The number of nitrogens with zero attached hydrogens (tertiary/aromatic N) is 1. The number of rotatable bonds is 4. The van der Waals surface area contributed by atoms with Crippen LogP contribution in [0.25, 0.3) is 0 Å². The fraction of sp³-hybridized carbons (Fsp3) is 0.143. The van der Waals surface area contributed by atoms with E-state index in [1.807, 2.05) is 0 Å². The van der Waals surface area contributed by atoms with Gasteiger partial charge in [0, 0.05) is 22.5 Å². The monoisotopic (exact) mass is 292 g/mol. The molecule has 1 heterocycles. The first kappa shape index (κ1) is 14.3. The van der Waals surface area contributed by atoms with Crippen molar-refractivity contribution in [2.45, 2.75) is 10.6 Å². The van der Waals surface area contributed by atoms with Gasteiger partial charge < -0.3 is 10.5 Å². The van der Waals surface area contributed by atoms with Crippen LogP contribution in [-0.2, 0) is 10.5 Å². The number of anilines is 1. The summed E-state index contributed by atoms with van der Waals surface area (Å²) in [5.41, 5.74) is 7.46. The Hall–Kier alpha value is -2.08. The molecular weight excluding hydrogens is 279 g/mol. The molecule has 1 aromatic heterocycles. The summed E-state index contributed by atoms with van der Waals surface area (Å²) in [5, 5.41) is 0. The largest absolute Gasteiger partial charge is 0.465 e. The van der Waals surface area contributed by atoms with Crippen molar-refractivity contribution in [3.63, 3.8) is 0 Å². The van der Waals surface area contributed by atoms with Crippen LogP contribution in [0.3, 0.4) is 0 Å². The van der Waals surface area contributed by atoms with E-state index in [0.29, 0.717) is 21.9 Å². The van der Waals surface area contributed by atoms with E-state index in [4.69, 9.17) is 5.73 Å². The molecule has 0 radical (unpaired) electrons. The highest BCUT2D eigenvalue weighted by Crippen LogP contribution is 2.28. The third kappa shape index (κ3) is 3.48. The van der Waals surface area contributed by atoms with Gasteiger partial charge in [0.15, 0.2) is 0 Å². The number of pyridine rings is 1. The van der Waals surface area contributed by atoms with Gasteiger partial charge in [-0.3, -0.25) is 4.98 Å². The fourth-order valence-electron chi connectivity index (χ4n) is 1.53. The molecule has 6 heteroatoms. The zero-order valence-corrected chi connectivity index (χ0v) is 11.6. The molecule has 2 N–H and O–H groups in total. The first-order valence-electron chi connectivity index (χ1n) is 5.81. The second-order valence-electron chi connectivity index (χ2n) is 4.00. The molecular formula is C14H13FN2O2S. The summed E-state index contributed by atoms with van der Waals surface area (Å²) in [6.07, 6.45) is 1.46. The Morgan fingerprint density at radius 1 is 1.40 bits per heavy atom.